The number of benzene rings is 3. The van der Waals surface area contributed by atoms with Gasteiger partial charge in [0, 0.05) is 6.54 Å². The van der Waals surface area contributed by atoms with Crippen LogP contribution >= 0.6 is 11.6 Å². The van der Waals surface area contributed by atoms with E-state index in [0.29, 0.717) is 12.2 Å². The van der Waals surface area contributed by atoms with Crippen LogP contribution in [-0.4, -0.2) is 38.8 Å². The standard InChI is InChI=1S/C25H27ClN2O4S/c1-19(21-11-7-4-8-12-21)27-25(29)18-28(16-15-20-9-5-3-6-10-20)33(30,31)22-13-14-24(32-2)23(26)17-22/h3-14,17,19H,15-16,18H2,1-2H3,(H,27,29)/t19-/m0/s1. The van der Waals surface area contributed by atoms with Gasteiger partial charge in [0.2, 0.25) is 15.9 Å². The van der Waals surface area contributed by atoms with Gasteiger partial charge in [-0.05, 0) is 42.7 Å². The lowest BCUT2D eigenvalue weighted by molar-refractivity contribution is -0.121. The predicted octanol–water partition coefficient (Wildman–Crippen LogP) is 4.46. The quantitative estimate of drug-likeness (QED) is 0.459. The fourth-order valence-corrected chi connectivity index (χ4v) is 5.16. The number of halogens is 1. The van der Waals surface area contributed by atoms with Gasteiger partial charge in [-0.15, -0.1) is 0 Å². The van der Waals surface area contributed by atoms with Crippen LogP contribution < -0.4 is 10.1 Å². The molecule has 0 spiro atoms. The van der Waals surface area contributed by atoms with Crippen LogP contribution in [-0.2, 0) is 21.2 Å². The smallest absolute Gasteiger partial charge is 0.243 e. The van der Waals surface area contributed by atoms with Gasteiger partial charge in [0.1, 0.15) is 5.75 Å². The zero-order valence-corrected chi connectivity index (χ0v) is 20.1. The first-order chi connectivity index (χ1) is 15.8. The summed E-state index contributed by atoms with van der Waals surface area (Å²) in [6.45, 7) is 1.69. The predicted molar refractivity (Wildman–Crippen MR) is 130 cm³/mol. The topological polar surface area (TPSA) is 75.7 Å². The van der Waals surface area contributed by atoms with Crippen molar-refractivity contribution < 1.29 is 17.9 Å². The van der Waals surface area contributed by atoms with Crippen molar-refractivity contribution in [3.8, 4) is 5.75 Å². The Morgan fingerprint density at radius 2 is 1.67 bits per heavy atom. The molecule has 0 radical (unpaired) electrons. The van der Waals surface area contributed by atoms with E-state index in [9.17, 15) is 13.2 Å². The number of hydrogen-bond donors (Lipinski definition) is 1. The summed E-state index contributed by atoms with van der Waals surface area (Å²) in [5.41, 5.74) is 1.91. The molecule has 0 saturated carbocycles. The van der Waals surface area contributed by atoms with Crippen molar-refractivity contribution in [2.75, 3.05) is 20.2 Å². The van der Waals surface area contributed by atoms with Gasteiger partial charge in [-0.3, -0.25) is 4.79 Å². The average molecular weight is 487 g/mol. The maximum atomic E-state index is 13.4. The SMILES string of the molecule is COc1ccc(S(=O)(=O)N(CCc2ccccc2)CC(=O)N[C@@H](C)c2ccccc2)cc1Cl. The first-order valence-corrected chi connectivity index (χ1v) is 12.3. The molecule has 1 N–H and O–H groups in total. The highest BCUT2D eigenvalue weighted by Gasteiger charge is 2.28. The summed E-state index contributed by atoms with van der Waals surface area (Å²) in [5, 5.41) is 3.07. The van der Waals surface area contributed by atoms with Gasteiger partial charge in [0.15, 0.2) is 0 Å². The highest BCUT2D eigenvalue weighted by molar-refractivity contribution is 7.89. The first-order valence-electron chi connectivity index (χ1n) is 10.5. The first kappa shape index (κ1) is 24.8. The minimum absolute atomic E-state index is 0.00488. The number of nitrogens with one attached hydrogen (secondary N) is 1. The third-order valence-corrected chi connectivity index (χ3v) is 7.39. The second kappa shape index (κ2) is 11.3. The van der Waals surface area contributed by atoms with Crippen LogP contribution in [0.3, 0.4) is 0 Å². The van der Waals surface area contributed by atoms with E-state index in [4.69, 9.17) is 16.3 Å². The lowest BCUT2D eigenvalue weighted by Crippen LogP contribution is -2.42. The van der Waals surface area contributed by atoms with Crippen molar-refractivity contribution in [3.05, 3.63) is 95.0 Å². The zero-order chi connectivity index (χ0) is 23.8. The summed E-state index contributed by atoms with van der Waals surface area (Å²) < 4.78 is 33.2. The van der Waals surface area contributed by atoms with Gasteiger partial charge < -0.3 is 10.1 Å². The third-order valence-electron chi connectivity index (χ3n) is 5.25. The average Bonchev–Trinajstić information content (AvgIpc) is 2.82. The second-order valence-corrected chi connectivity index (χ2v) is 9.92. The Morgan fingerprint density at radius 1 is 1.03 bits per heavy atom. The van der Waals surface area contributed by atoms with Gasteiger partial charge in [-0.1, -0.05) is 72.3 Å². The summed E-state index contributed by atoms with van der Waals surface area (Å²) in [4.78, 5) is 12.8. The molecule has 0 aliphatic rings. The Hall–Kier alpha value is -2.87. The molecule has 0 heterocycles. The van der Waals surface area contributed by atoms with Crippen LogP contribution in [0.1, 0.15) is 24.1 Å². The molecule has 3 rings (SSSR count). The van der Waals surface area contributed by atoms with Crippen molar-refractivity contribution in [1.29, 1.82) is 0 Å². The Balaban J connectivity index is 1.82. The zero-order valence-electron chi connectivity index (χ0n) is 18.6. The summed E-state index contributed by atoms with van der Waals surface area (Å²) in [6.07, 6.45) is 0.464. The second-order valence-electron chi connectivity index (χ2n) is 7.57. The van der Waals surface area contributed by atoms with Crippen molar-refractivity contribution in [1.82, 2.24) is 9.62 Å². The van der Waals surface area contributed by atoms with Crippen LogP contribution in [0.15, 0.2) is 83.8 Å². The highest BCUT2D eigenvalue weighted by atomic mass is 35.5. The fraction of sp³-hybridized carbons (Fsp3) is 0.240. The number of methoxy groups -OCH3 is 1. The fourth-order valence-electron chi connectivity index (χ4n) is 3.41. The van der Waals surface area contributed by atoms with Crippen LogP contribution in [0.4, 0.5) is 0 Å². The molecular weight excluding hydrogens is 460 g/mol. The minimum atomic E-state index is -3.98. The summed E-state index contributed by atoms with van der Waals surface area (Å²) in [6, 6.07) is 23.1. The molecule has 0 aromatic heterocycles. The summed E-state index contributed by atoms with van der Waals surface area (Å²) >= 11 is 6.17. The molecule has 3 aromatic carbocycles. The molecule has 0 unspecified atom stereocenters. The maximum Gasteiger partial charge on any atom is 0.243 e. The van der Waals surface area contributed by atoms with Gasteiger partial charge in [0.05, 0.1) is 29.6 Å². The van der Waals surface area contributed by atoms with Crippen molar-refractivity contribution in [3.63, 3.8) is 0 Å². The maximum absolute atomic E-state index is 13.4. The molecule has 33 heavy (non-hydrogen) atoms. The third kappa shape index (κ3) is 6.57. The van der Waals surface area contributed by atoms with E-state index in [1.165, 1.54) is 29.6 Å². The number of amides is 1. The Labute approximate surface area is 200 Å². The Morgan fingerprint density at radius 3 is 2.27 bits per heavy atom. The largest absolute Gasteiger partial charge is 0.495 e. The van der Waals surface area contributed by atoms with Gasteiger partial charge in [-0.25, -0.2) is 8.42 Å². The molecule has 1 atom stereocenters. The molecule has 6 nitrogen and oxygen atoms in total. The van der Waals surface area contributed by atoms with Crippen molar-refractivity contribution in [2.24, 2.45) is 0 Å². The van der Waals surface area contributed by atoms with Crippen molar-refractivity contribution in [2.45, 2.75) is 24.3 Å². The van der Waals surface area contributed by atoms with E-state index in [2.05, 4.69) is 5.32 Å². The Kier molecular flexibility index (Phi) is 8.49. The molecule has 174 valence electrons. The highest BCUT2D eigenvalue weighted by Crippen LogP contribution is 2.28. The Bertz CT molecular complexity index is 1170. The summed E-state index contributed by atoms with van der Waals surface area (Å²) in [5.74, 6) is -0.0107. The molecule has 0 saturated heterocycles. The molecule has 8 heteroatoms. The van der Waals surface area contributed by atoms with E-state index < -0.39 is 10.0 Å². The van der Waals surface area contributed by atoms with Crippen LogP contribution in [0.25, 0.3) is 0 Å². The monoisotopic (exact) mass is 486 g/mol. The number of rotatable bonds is 10. The van der Waals surface area contributed by atoms with Gasteiger partial charge >= 0.3 is 0 Å². The van der Waals surface area contributed by atoms with E-state index in [0.717, 1.165) is 11.1 Å². The minimum Gasteiger partial charge on any atom is -0.495 e. The number of hydrogen-bond acceptors (Lipinski definition) is 4. The van der Waals surface area contributed by atoms with E-state index in [1.54, 1.807) is 0 Å². The molecule has 0 aliphatic heterocycles. The lowest BCUT2D eigenvalue weighted by atomic mass is 10.1. The molecular formula is C25H27ClN2O4S. The van der Waals surface area contributed by atoms with Crippen LogP contribution in [0.2, 0.25) is 5.02 Å². The number of sulfonamides is 1. The van der Waals surface area contributed by atoms with Crippen molar-refractivity contribution >= 4 is 27.5 Å². The normalized spacial score (nSPS) is 12.4. The lowest BCUT2D eigenvalue weighted by Gasteiger charge is -2.23. The number of ether oxygens (including phenoxy) is 1. The van der Waals surface area contributed by atoms with Crippen LogP contribution in [0, 0.1) is 0 Å². The molecule has 1 amide bonds. The number of carbonyl (C=O) groups is 1. The number of nitrogens with zero attached hydrogens (tertiary/aromatic N) is 1. The van der Waals surface area contributed by atoms with E-state index in [-0.39, 0.29) is 35.0 Å². The molecule has 0 bridgehead atoms. The van der Waals surface area contributed by atoms with Crippen LogP contribution in [0.5, 0.6) is 5.75 Å². The molecule has 0 fully saturated rings. The molecule has 0 aliphatic carbocycles. The van der Waals surface area contributed by atoms with Gasteiger partial charge in [0.25, 0.3) is 0 Å². The van der Waals surface area contributed by atoms with E-state index >= 15 is 0 Å². The van der Waals surface area contributed by atoms with E-state index in [1.807, 2.05) is 67.6 Å². The van der Waals surface area contributed by atoms with Gasteiger partial charge in [-0.2, -0.15) is 4.31 Å². The number of carbonyl (C=O) groups excluding carboxylic acids is 1. The summed E-state index contributed by atoms with van der Waals surface area (Å²) in [7, 11) is -2.52. The molecule has 3 aromatic rings.